The number of nitrogens with one attached hydrogen (secondary N) is 1. The predicted molar refractivity (Wildman–Crippen MR) is 59.0 cm³/mol. The Balaban J connectivity index is 2.05. The zero-order valence-corrected chi connectivity index (χ0v) is 9.28. The van der Waals surface area contributed by atoms with Gasteiger partial charge >= 0.3 is 0 Å². The lowest BCUT2D eigenvalue weighted by Crippen LogP contribution is -2.23. The van der Waals surface area contributed by atoms with Crippen molar-refractivity contribution >= 4 is 23.2 Å². The Hall–Kier alpha value is -0.310. The Morgan fingerprint density at radius 2 is 2.36 bits per heavy atom. The summed E-state index contributed by atoms with van der Waals surface area (Å²) in [6.07, 6.45) is 5.29. The maximum Gasteiger partial charge on any atom is 0.147 e. The van der Waals surface area contributed by atoms with Crippen LogP contribution in [0.3, 0.4) is 0 Å². The number of pyridine rings is 1. The fraction of sp³-hybridized carbons (Fsp3) is 0.500. The summed E-state index contributed by atoms with van der Waals surface area (Å²) >= 11 is 11.6. The zero-order chi connectivity index (χ0) is 9.97. The van der Waals surface area contributed by atoms with E-state index in [0.29, 0.717) is 16.2 Å². The van der Waals surface area contributed by atoms with Gasteiger partial charge in [-0.25, -0.2) is 4.98 Å². The van der Waals surface area contributed by atoms with E-state index in [1.165, 1.54) is 12.8 Å². The van der Waals surface area contributed by atoms with Crippen LogP contribution in [0.5, 0.6) is 0 Å². The number of hydrogen-bond acceptors (Lipinski definition) is 2. The van der Waals surface area contributed by atoms with Crippen LogP contribution in [-0.2, 0) is 6.42 Å². The first-order valence-corrected chi connectivity index (χ1v) is 5.54. The van der Waals surface area contributed by atoms with Crippen LogP contribution in [0.15, 0.2) is 12.3 Å². The van der Waals surface area contributed by atoms with Gasteiger partial charge in [-0.15, -0.1) is 0 Å². The molecule has 1 saturated heterocycles. The second-order valence-electron chi connectivity index (χ2n) is 3.61. The molecule has 1 unspecified atom stereocenters. The van der Waals surface area contributed by atoms with Crippen LogP contribution >= 0.6 is 23.2 Å². The van der Waals surface area contributed by atoms with Gasteiger partial charge in [-0.3, -0.25) is 0 Å². The average Bonchev–Trinajstić information content (AvgIpc) is 2.64. The highest BCUT2D eigenvalue weighted by Gasteiger charge is 2.14. The molecule has 1 atom stereocenters. The van der Waals surface area contributed by atoms with E-state index in [0.717, 1.165) is 18.5 Å². The van der Waals surface area contributed by atoms with Crippen molar-refractivity contribution in [3.8, 4) is 0 Å². The molecule has 0 amide bonds. The third kappa shape index (κ3) is 2.38. The zero-order valence-electron chi connectivity index (χ0n) is 7.76. The summed E-state index contributed by atoms with van der Waals surface area (Å²) in [5, 5.41) is 4.36. The minimum Gasteiger partial charge on any atom is -0.314 e. The van der Waals surface area contributed by atoms with E-state index in [9.17, 15) is 0 Å². The minimum atomic E-state index is 0.384. The summed E-state index contributed by atoms with van der Waals surface area (Å²) in [6, 6.07) is 2.48. The standard InChI is InChI=1S/C10H12Cl2N2/c11-9-5-7(6-14-10(9)12)4-8-2-1-3-13-8/h5-6,8,13H,1-4H2. The molecular formula is C10H12Cl2N2. The highest BCUT2D eigenvalue weighted by Crippen LogP contribution is 2.21. The summed E-state index contributed by atoms with van der Waals surface area (Å²) in [7, 11) is 0. The molecule has 0 aromatic carbocycles. The van der Waals surface area contributed by atoms with E-state index in [-0.39, 0.29) is 0 Å². The number of hydrogen-bond donors (Lipinski definition) is 1. The number of rotatable bonds is 2. The largest absolute Gasteiger partial charge is 0.314 e. The van der Waals surface area contributed by atoms with Crippen LogP contribution in [0.1, 0.15) is 18.4 Å². The van der Waals surface area contributed by atoms with Gasteiger partial charge in [-0.2, -0.15) is 0 Å². The Kier molecular flexibility index (Phi) is 3.26. The second kappa shape index (κ2) is 4.47. The molecule has 1 aliphatic heterocycles. The van der Waals surface area contributed by atoms with Crippen molar-refractivity contribution in [3.05, 3.63) is 28.0 Å². The van der Waals surface area contributed by atoms with Gasteiger partial charge in [-0.05, 0) is 37.4 Å². The highest BCUT2D eigenvalue weighted by atomic mass is 35.5. The Labute approximate surface area is 93.6 Å². The molecule has 0 bridgehead atoms. The van der Waals surface area contributed by atoms with Crippen LogP contribution in [-0.4, -0.2) is 17.6 Å². The van der Waals surface area contributed by atoms with Crippen molar-refractivity contribution in [2.45, 2.75) is 25.3 Å². The first-order valence-electron chi connectivity index (χ1n) is 4.79. The molecule has 14 heavy (non-hydrogen) atoms. The van der Waals surface area contributed by atoms with Gasteiger partial charge < -0.3 is 5.32 Å². The van der Waals surface area contributed by atoms with Gasteiger partial charge in [0.1, 0.15) is 5.15 Å². The van der Waals surface area contributed by atoms with E-state index in [2.05, 4.69) is 10.3 Å². The quantitative estimate of drug-likeness (QED) is 0.791. The van der Waals surface area contributed by atoms with E-state index >= 15 is 0 Å². The van der Waals surface area contributed by atoms with Crippen molar-refractivity contribution < 1.29 is 0 Å². The SMILES string of the molecule is Clc1cc(CC2CCCN2)cnc1Cl. The van der Waals surface area contributed by atoms with Gasteiger partial charge in [0, 0.05) is 12.2 Å². The van der Waals surface area contributed by atoms with Crippen molar-refractivity contribution in [1.29, 1.82) is 0 Å². The topological polar surface area (TPSA) is 24.9 Å². The molecular weight excluding hydrogens is 219 g/mol. The maximum absolute atomic E-state index is 5.88. The Morgan fingerprint density at radius 3 is 3.00 bits per heavy atom. The lowest BCUT2D eigenvalue weighted by molar-refractivity contribution is 0.602. The van der Waals surface area contributed by atoms with Crippen LogP contribution in [0.25, 0.3) is 0 Å². The van der Waals surface area contributed by atoms with Crippen LogP contribution in [0, 0.1) is 0 Å². The van der Waals surface area contributed by atoms with E-state index in [4.69, 9.17) is 23.2 Å². The number of nitrogens with zero attached hydrogens (tertiary/aromatic N) is 1. The lowest BCUT2D eigenvalue weighted by Gasteiger charge is -2.09. The molecule has 1 aliphatic rings. The summed E-state index contributed by atoms with van der Waals surface area (Å²) in [5.41, 5.74) is 1.15. The van der Waals surface area contributed by atoms with Gasteiger partial charge in [0.25, 0.3) is 0 Å². The summed E-state index contributed by atoms with van der Waals surface area (Å²) in [6.45, 7) is 1.12. The Morgan fingerprint density at radius 1 is 1.50 bits per heavy atom. The Bertz CT molecular complexity index is 322. The van der Waals surface area contributed by atoms with Gasteiger partial charge in [0.2, 0.25) is 0 Å². The highest BCUT2D eigenvalue weighted by molar-refractivity contribution is 6.41. The second-order valence-corrected chi connectivity index (χ2v) is 4.38. The van der Waals surface area contributed by atoms with Crippen LogP contribution in [0.4, 0.5) is 0 Å². The molecule has 2 nitrogen and oxygen atoms in total. The van der Waals surface area contributed by atoms with Gasteiger partial charge in [-0.1, -0.05) is 23.2 Å². The fourth-order valence-electron chi connectivity index (χ4n) is 1.79. The first kappa shape index (κ1) is 10.2. The van der Waals surface area contributed by atoms with Crippen molar-refractivity contribution in [1.82, 2.24) is 10.3 Å². The minimum absolute atomic E-state index is 0.384. The summed E-state index contributed by atoms with van der Waals surface area (Å²) in [4.78, 5) is 4.03. The lowest BCUT2D eigenvalue weighted by atomic mass is 10.1. The smallest absolute Gasteiger partial charge is 0.147 e. The molecule has 0 aliphatic carbocycles. The monoisotopic (exact) mass is 230 g/mol. The normalized spacial score (nSPS) is 21.4. The molecule has 76 valence electrons. The van der Waals surface area contributed by atoms with Crippen molar-refractivity contribution in [2.75, 3.05) is 6.54 Å². The van der Waals surface area contributed by atoms with E-state index < -0.39 is 0 Å². The number of halogens is 2. The van der Waals surface area contributed by atoms with E-state index in [1.807, 2.05) is 6.07 Å². The maximum atomic E-state index is 5.88. The molecule has 2 heterocycles. The van der Waals surface area contributed by atoms with Gasteiger partial charge in [0.15, 0.2) is 0 Å². The molecule has 1 aromatic rings. The summed E-state index contributed by atoms with van der Waals surface area (Å²) in [5.74, 6) is 0. The third-order valence-corrected chi connectivity index (χ3v) is 3.18. The van der Waals surface area contributed by atoms with Gasteiger partial charge in [0.05, 0.1) is 5.02 Å². The van der Waals surface area contributed by atoms with E-state index in [1.54, 1.807) is 6.20 Å². The van der Waals surface area contributed by atoms with Crippen LogP contribution in [0.2, 0.25) is 10.2 Å². The van der Waals surface area contributed by atoms with Crippen LogP contribution < -0.4 is 5.32 Å². The molecule has 1 aromatic heterocycles. The first-order chi connectivity index (χ1) is 6.75. The number of aromatic nitrogens is 1. The molecule has 1 fully saturated rings. The van der Waals surface area contributed by atoms with Crippen molar-refractivity contribution in [3.63, 3.8) is 0 Å². The molecule has 0 radical (unpaired) electrons. The average molecular weight is 231 g/mol. The summed E-state index contributed by atoms with van der Waals surface area (Å²) < 4.78 is 0. The molecule has 1 N–H and O–H groups in total. The molecule has 0 saturated carbocycles. The predicted octanol–water partition coefficient (Wildman–Crippen LogP) is 2.68. The fourth-order valence-corrected chi connectivity index (χ4v) is 2.08. The molecule has 0 spiro atoms. The molecule has 2 rings (SSSR count). The molecule has 4 heteroatoms. The van der Waals surface area contributed by atoms with Crippen molar-refractivity contribution in [2.24, 2.45) is 0 Å². The third-order valence-electron chi connectivity index (χ3n) is 2.50.